The highest BCUT2D eigenvalue weighted by atomic mass is 16.5. The van der Waals surface area contributed by atoms with Crippen LogP contribution in [0.2, 0.25) is 0 Å². The van der Waals surface area contributed by atoms with Crippen molar-refractivity contribution in [2.24, 2.45) is 0 Å². The van der Waals surface area contributed by atoms with Crippen LogP contribution in [0.15, 0.2) is 60.7 Å². The van der Waals surface area contributed by atoms with Crippen LogP contribution in [0.4, 0.5) is 5.82 Å². The molecule has 1 aliphatic rings. The maximum Gasteiger partial charge on any atom is 0.288 e. The maximum atomic E-state index is 13.1. The third-order valence-electron chi connectivity index (χ3n) is 4.29. The number of benzene rings is 2. The van der Waals surface area contributed by atoms with Gasteiger partial charge < -0.3 is 9.94 Å². The summed E-state index contributed by atoms with van der Waals surface area (Å²) in [5, 5.41) is 15.2. The monoisotopic (exact) mass is 306 g/mol. The van der Waals surface area contributed by atoms with E-state index in [0.717, 1.165) is 40.0 Å². The van der Waals surface area contributed by atoms with Gasteiger partial charge in [0.2, 0.25) is 0 Å². The summed E-state index contributed by atoms with van der Waals surface area (Å²) in [6.45, 7) is 2.79. The molecule has 4 nitrogen and oxygen atoms in total. The smallest absolute Gasteiger partial charge is 0.288 e. The number of rotatable bonds is 2. The number of fused-ring (bicyclic) bond motifs is 1. The Morgan fingerprint density at radius 2 is 1.61 bits per heavy atom. The predicted octanol–water partition coefficient (Wildman–Crippen LogP) is 2.98. The Labute approximate surface area is 135 Å². The molecule has 2 heterocycles. The first-order chi connectivity index (χ1) is 11.3. The molecule has 0 bridgehead atoms. The quantitative estimate of drug-likeness (QED) is 0.540. The minimum atomic E-state index is 0.657. The fraction of sp³-hybridized carbons (Fsp3) is 0.211. The largest absolute Gasteiger partial charge is 0.710 e. The molecule has 2 aromatic carbocycles. The highest BCUT2D eigenvalue weighted by Gasteiger charge is 2.25. The molecule has 0 N–H and O–H groups in total. The number of nitrogens with zero attached hydrogens (tertiary/aromatic N) is 2. The lowest BCUT2D eigenvalue weighted by Crippen LogP contribution is -2.45. The minimum Gasteiger partial charge on any atom is -0.710 e. The second-order valence-electron chi connectivity index (χ2n) is 5.70. The first kappa shape index (κ1) is 14.0. The summed E-state index contributed by atoms with van der Waals surface area (Å²) < 4.78 is 6.51. The Balaban J connectivity index is 1.97. The molecule has 4 heteroatoms. The van der Waals surface area contributed by atoms with Crippen molar-refractivity contribution in [2.75, 3.05) is 31.2 Å². The van der Waals surface area contributed by atoms with Crippen molar-refractivity contribution >= 4 is 16.6 Å². The average molecular weight is 306 g/mol. The predicted molar refractivity (Wildman–Crippen MR) is 91.4 cm³/mol. The number of hydrogen-bond acceptors (Lipinski definition) is 3. The molecular formula is C19H18N2O2. The van der Waals surface area contributed by atoms with E-state index in [0.29, 0.717) is 18.9 Å². The molecule has 4 rings (SSSR count). The van der Waals surface area contributed by atoms with Gasteiger partial charge in [-0.25, -0.2) is 4.73 Å². The van der Waals surface area contributed by atoms with E-state index in [-0.39, 0.29) is 0 Å². The molecule has 23 heavy (non-hydrogen) atoms. The molecule has 0 aliphatic carbocycles. The van der Waals surface area contributed by atoms with Gasteiger partial charge in [-0.3, -0.25) is 4.90 Å². The van der Waals surface area contributed by atoms with Gasteiger partial charge in [-0.2, -0.15) is 0 Å². The van der Waals surface area contributed by atoms with Crippen molar-refractivity contribution in [3.8, 4) is 11.3 Å². The molecule has 1 saturated heterocycles. The van der Waals surface area contributed by atoms with Gasteiger partial charge in [-0.15, -0.1) is 0 Å². The van der Waals surface area contributed by atoms with Gasteiger partial charge in [-0.1, -0.05) is 48.5 Å². The molecule has 1 aliphatic heterocycles. The maximum absolute atomic E-state index is 13.1. The zero-order valence-corrected chi connectivity index (χ0v) is 12.8. The van der Waals surface area contributed by atoms with E-state index in [1.54, 1.807) is 0 Å². The van der Waals surface area contributed by atoms with Crippen LogP contribution in [0.3, 0.4) is 0 Å². The highest BCUT2D eigenvalue weighted by molar-refractivity contribution is 5.92. The molecule has 0 spiro atoms. The van der Waals surface area contributed by atoms with Crippen molar-refractivity contribution < 1.29 is 9.47 Å². The van der Waals surface area contributed by atoms with Crippen LogP contribution in [0.1, 0.15) is 0 Å². The summed E-state index contributed by atoms with van der Waals surface area (Å²) in [6.07, 6.45) is 0. The molecule has 0 atom stereocenters. The molecule has 0 unspecified atom stereocenters. The third kappa shape index (κ3) is 2.51. The lowest BCUT2D eigenvalue weighted by molar-refractivity contribution is -0.579. The van der Waals surface area contributed by atoms with Crippen molar-refractivity contribution in [1.29, 1.82) is 0 Å². The van der Waals surface area contributed by atoms with Crippen molar-refractivity contribution in [3.05, 3.63) is 65.9 Å². The van der Waals surface area contributed by atoms with E-state index in [4.69, 9.17) is 4.74 Å². The summed E-state index contributed by atoms with van der Waals surface area (Å²) in [4.78, 5) is 2.13. The van der Waals surface area contributed by atoms with Gasteiger partial charge >= 0.3 is 0 Å². The van der Waals surface area contributed by atoms with Gasteiger partial charge in [0.15, 0.2) is 0 Å². The van der Waals surface area contributed by atoms with E-state index in [9.17, 15) is 5.21 Å². The summed E-state index contributed by atoms with van der Waals surface area (Å²) in [5.74, 6) is 0.727. The molecule has 1 aromatic heterocycles. The van der Waals surface area contributed by atoms with Gasteiger partial charge in [0.05, 0.1) is 18.6 Å². The molecular weight excluding hydrogens is 288 g/mol. The number of ether oxygens (including phenoxy) is 1. The van der Waals surface area contributed by atoms with Gasteiger partial charge in [-0.05, 0) is 17.5 Å². The standard InChI is InChI=1S/C19H18N2O2/c22-21-18(15-6-2-1-3-7-15)14-16-8-4-5-9-17(16)19(21)20-10-12-23-13-11-20/h1-9,14H,10-13H2. The summed E-state index contributed by atoms with van der Waals surface area (Å²) in [7, 11) is 0. The number of anilines is 1. The molecule has 1 fully saturated rings. The van der Waals surface area contributed by atoms with Crippen LogP contribution in [0.5, 0.6) is 0 Å². The van der Waals surface area contributed by atoms with Crippen molar-refractivity contribution in [1.82, 2.24) is 0 Å². The Hall–Kier alpha value is -2.59. The number of morpholine rings is 1. The zero-order valence-electron chi connectivity index (χ0n) is 12.8. The van der Waals surface area contributed by atoms with E-state index in [2.05, 4.69) is 11.0 Å². The summed E-state index contributed by atoms with van der Waals surface area (Å²) >= 11 is 0. The molecule has 0 saturated carbocycles. The lowest BCUT2D eigenvalue weighted by atomic mass is 10.1. The van der Waals surface area contributed by atoms with Crippen LogP contribution >= 0.6 is 0 Å². The Kier molecular flexibility index (Phi) is 3.60. The second kappa shape index (κ2) is 5.89. The van der Waals surface area contributed by atoms with Crippen LogP contribution in [0, 0.1) is 5.21 Å². The number of hydrogen-bond donors (Lipinski definition) is 0. The molecule has 116 valence electrons. The summed E-state index contributed by atoms with van der Waals surface area (Å²) in [5.41, 5.74) is 1.62. The SMILES string of the molecule is [O-][n+]1c(-c2ccccc2)cc2ccccc2c1N1CCOCC1. The van der Waals surface area contributed by atoms with E-state index in [1.165, 1.54) is 0 Å². The topological polar surface area (TPSA) is 39.4 Å². The van der Waals surface area contributed by atoms with Crippen LogP contribution in [-0.2, 0) is 4.74 Å². The van der Waals surface area contributed by atoms with Crippen LogP contribution in [-0.4, -0.2) is 26.3 Å². The lowest BCUT2D eigenvalue weighted by Gasteiger charge is -2.27. The second-order valence-corrected chi connectivity index (χ2v) is 5.70. The highest BCUT2D eigenvalue weighted by Crippen LogP contribution is 2.28. The first-order valence-corrected chi connectivity index (χ1v) is 7.88. The number of aromatic nitrogens is 1. The van der Waals surface area contributed by atoms with Gasteiger partial charge in [0.25, 0.3) is 5.82 Å². The van der Waals surface area contributed by atoms with Crippen molar-refractivity contribution in [2.45, 2.75) is 0 Å². The summed E-state index contributed by atoms with van der Waals surface area (Å²) in [6, 6.07) is 19.9. The molecule has 0 radical (unpaired) electrons. The molecule has 3 aromatic rings. The van der Waals surface area contributed by atoms with E-state index >= 15 is 0 Å². The zero-order chi connectivity index (χ0) is 15.6. The first-order valence-electron chi connectivity index (χ1n) is 7.88. The van der Waals surface area contributed by atoms with Crippen LogP contribution in [0.25, 0.3) is 22.0 Å². The van der Waals surface area contributed by atoms with Gasteiger partial charge in [0.1, 0.15) is 18.8 Å². The minimum absolute atomic E-state index is 0.657. The molecule has 0 amide bonds. The Morgan fingerprint density at radius 1 is 0.913 bits per heavy atom. The van der Waals surface area contributed by atoms with Crippen molar-refractivity contribution in [3.63, 3.8) is 0 Å². The van der Waals surface area contributed by atoms with Gasteiger partial charge in [0, 0.05) is 5.56 Å². The average Bonchev–Trinajstić information content (AvgIpc) is 2.63. The Morgan fingerprint density at radius 3 is 2.39 bits per heavy atom. The fourth-order valence-corrected chi connectivity index (χ4v) is 3.14. The van der Waals surface area contributed by atoms with E-state index < -0.39 is 0 Å². The normalized spacial score (nSPS) is 15.0. The van der Waals surface area contributed by atoms with Crippen LogP contribution < -0.4 is 9.63 Å². The van der Waals surface area contributed by atoms with E-state index in [1.807, 2.05) is 54.6 Å². The number of pyridine rings is 1. The Bertz CT molecular complexity index is 827. The third-order valence-corrected chi connectivity index (χ3v) is 4.29. The fourth-order valence-electron chi connectivity index (χ4n) is 3.14.